The summed E-state index contributed by atoms with van der Waals surface area (Å²) in [4.78, 5) is 29.0. The van der Waals surface area contributed by atoms with Crippen LogP contribution in [0.2, 0.25) is 0 Å². The zero-order chi connectivity index (χ0) is 18.1. The van der Waals surface area contributed by atoms with Gasteiger partial charge in [-0.1, -0.05) is 24.2 Å². The maximum atomic E-state index is 13.0. The molecule has 0 N–H and O–H groups in total. The second-order valence-corrected chi connectivity index (χ2v) is 8.78. The predicted octanol–water partition coefficient (Wildman–Crippen LogP) is 2.22. The highest BCUT2D eigenvalue weighted by Gasteiger charge is 2.45. The van der Waals surface area contributed by atoms with Crippen molar-refractivity contribution in [2.45, 2.75) is 52.1 Å². The normalized spacial score (nSPS) is 25.0. The molecule has 1 atom stereocenters. The molecule has 1 saturated carbocycles. The quantitative estimate of drug-likeness (QED) is 0.785. The Bertz CT molecular complexity index is 686. The van der Waals surface area contributed by atoms with Crippen molar-refractivity contribution in [2.75, 3.05) is 31.1 Å². The zero-order valence-electron chi connectivity index (χ0n) is 15.3. The van der Waals surface area contributed by atoms with Crippen LogP contribution in [-0.2, 0) is 20.9 Å². The van der Waals surface area contributed by atoms with Gasteiger partial charge in [-0.15, -0.1) is 10.2 Å². The molecular formula is C18H26N4O3S. The molecular weight excluding hydrogens is 352 g/mol. The van der Waals surface area contributed by atoms with Crippen LogP contribution in [0.1, 0.15) is 50.5 Å². The molecule has 4 rings (SSSR count). The summed E-state index contributed by atoms with van der Waals surface area (Å²) in [5.41, 5.74) is 0.366. The van der Waals surface area contributed by atoms with E-state index < -0.39 is 0 Å². The van der Waals surface area contributed by atoms with E-state index >= 15 is 0 Å². The van der Waals surface area contributed by atoms with E-state index in [4.69, 9.17) is 4.74 Å². The lowest BCUT2D eigenvalue weighted by Gasteiger charge is -2.25. The van der Waals surface area contributed by atoms with Crippen molar-refractivity contribution >= 4 is 28.3 Å². The van der Waals surface area contributed by atoms with Crippen molar-refractivity contribution in [3.05, 3.63) is 5.01 Å². The molecule has 3 fully saturated rings. The molecule has 1 aliphatic carbocycles. The monoisotopic (exact) mass is 378 g/mol. The first-order chi connectivity index (χ1) is 12.6. The molecule has 2 amide bonds. The third kappa shape index (κ3) is 3.36. The van der Waals surface area contributed by atoms with Crippen molar-refractivity contribution in [2.24, 2.45) is 11.3 Å². The number of aromatic nitrogens is 2. The maximum Gasteiger partial charge on any atom is 0.229 e. The topological polar surface area (TPSA) is 75.6 Å². The van der Waals surface area contributed by atoms with E-state index in [1.54, 1.807) is 4.90 Å². The summed E-state index contributed by atoms with van der Waals surface area (Å²) >= 11 is 1.37. The minimum Gasteiger partial charge on any atom is -0.374 e. The Morgan fingerprint density at radius 1 is 1.31 bits per heavy atom. The molecule has 3 aliphatic rings. The first-order valence-electron chi connectivity index (χ1n) is 9.59. The highest BCUT2D eigenvalue weighted by Crippen LogP contribution is 2.45. The van der Waals surface area contributed by atoms with Gasteiger partial charge < -0.3 is 9.64 Å². The Labute approximate surface area is 157 Å². The molecule has 1 spiro atoms. The number of rotatable bonds is 5. The van der Waals surface area contributed by atoms with Crippen molar-refractivity contribution in [1.29, 1.82) is 0 Å². The van der Waals surface area contributed by atoms with Gasteiger partial charge in [0.1, 0.15) is 11.6 Å². The Hall–Kier alpha value is -1.54. The van der Waals surface area contributed by atoms with Gasteiger partial charge in [0.2, 0.25) is 16.9 Å². The lowest BCUT2D eigenvalue weighted by atomic mass is 9.86. The van der Waals surface area contributed by atoms with E-state index in [0.717, 1.165) is 24.5 Å². The molecule has 0 bridgehead atoms. The first-order valence-corrected chi connectivity index (χ1v) is 10.4. The standard InChI is InChI=1S/C18H26N4O3S/c1-2-25-11-14-19-20-17(26-14)22-10-13(9-15(22)23)16(24)21-8-7-18(12-21)5-3-4-6-18/h13H,2-12H2,1H3. The predicted molar refractivity (Wildman–Crippen MR) is 97.8 cm³/mol. The van der Waals surface area contributed by atoms with Crippen LogP contribution in [0.3, 0.4) is 0 Å². The molecule has 1 unspecified atom stereocenters. The largest absolute Gasteiger partial charge is 0.374 e. The molecule has 142 valence electrons. The highest BCUT2D eigenvalue weighted by atomic mass is 32.1. The summed E-state index contributed by atoms with van der Waals surface area (Å²) in [5, 5.41) is 9.54. The molecule has 26 heavy (non-hydrogen) atoms. The van der Waals surface area contributed by atoms with Crippen molar-refractivity contribution in [3.8, 4) is 0 Å². The third-order valence-corrected chi connectivity index (χ3v) is 6.92. The van der Waals surface area contributed by atoms with Gasteiger partial charge >= 0.3 is 0 Å². The number of hydrogen-bond donors (Lipinski definition) is 0. The summed E-state index contributed by atoms with van der Waals surface area (Å²) in [6, 6.07) is 0. The van der Waals surface area contributed by atoms with Gasteiger partial charge in [0.15, 0.2) is 0 Å². The van der Waals surface area contributed by atoms with Crippen molar-refractivity contribution in [3.63, 3.8) is 0 Å². The number of anilines is 1. The van der Waals surface area contributed by atoms with Gasteiger partial charge in [-0.25, -0.2) is 0 Å². The fourth-order valence-electron chi connectivity index (χ4n) is 4.57. The van der Waals surface area contributed by atoms with E-state index in [2.05, 4.69) is 10.2 Å². The molecule has 0 radical (unpaired) electrons. The number of hydrogen-bond acceptors (Lipinski definition) is 6. The number of carbonyl (C=O) groups is 2. The fourth-order valence-corrected chi connectivity index (χ4v) is 5.38. The van der Waals surface area contributed by atoms with Crippen LogP contribution in [0.15, 0.2) is 0 Å². The summed E-state index contributed by atoms with van der Waals surface area (Å²) in [6.07, 6.45) is 6.49. The molecule has 2 aliphatic heterocycles. The van der Waals surface area contributed by atoms with Crippen molar-refractivity contribution in [1.82, 2.24) is 15.1 Å². The number of amides is 2. The SMILES string of the molecule is CCOCc1nnc(N2CC(C(=O)N3CCC4(CCCC4)C3)CC2=O)s1. The molecule has 7 nitrogen and oxygen atoms in total. The van der Waals surface area contributed by atoms with Crippen molar-refractivity contribution < 1.29 is 14.3 Å². The Balaban J connectivity index is 1.38. The minimum absolute atomic E-state index is 0.0303. The average Bonchev–Trinajstić information content (AvgIpc) is 3.41. The van der Waals surface area contributed by atoms with Gasteiger partial charge in [0, 0.05) is 32.7 Å². The zero-order valence-corrected chi connectivity index (χ0v) is 16.1. The molecule has 1 aromatic heterocycles. The Morgan fingerprint density at radius 3 is 2.88 bits per heavy atom. The van der Waals surface area contributed by atoms with E-state index in [-0.39, 0.29) is 24.2 Å². The molecule has 1 aromatic rings. The molecule has 2 saturated heterocycles. The average molecular weight is 378 g/mol. The lowest BCUT2D eigenvalue weighted by molar-refractivity contribution is -0.135. The van der Waals surface area contributed by atoms with Gasteiger partial charge in [-0.2, -0.15) is 0 Å². The van der Waals surface area contributed by atoms with Crippen LogP contribution in [0, 0.1) is 11.3 Å². The van der Waals surface area contributed by atoms with E-state index in [1.165, 1.54) is 37.0 Å². The maximum absolute atomic E-state index is 13.0. The van der Waals surface area contributed by atoms with Gasteiger partial charge in [-0.3, -0.25) is 14.5 Å². The number of ether oxygens (including phenoxy) is 1. The van der Waals surface area contributed by atoms with Crippen LogP contribution in [-0.4, -0.2) is 53.2 Å². The molecule has 3 heterocycles. The molecule has 0 aromatic carbocycles. The van der Waals surface area contributed by atoms with E-state index in [9.17, 15) is 9.59 Å². The summed E-state index contributed by atoms with van der Waals surface area (Å²) in [5.74, 6) is -0.140. The fraction of sp³-hybridized carbons (Fsp3) is 0.778. The van der Waals surface area contributed by atoms with Crippen LogP contribution >= 0.6 is 11.3 Å². The Kier molecular flexibility index (Phi) is 4.96. The third-order valence-electron chi connectivity index (χ3n) is 6.01. The Morgan fingerprint density at radius 2 is 2.12 bits per heavy atom. The second-order valence-electron chi connectivity index (χ2n) is 7.74. The summed E-state index contributed by atoms with van der Waals surface area (Å²) in [7, 11) is 0. The molecule has 8 heteroatoms. The first kappa shape index (κ1) is 17.9. The number of nitrogens with zero attached hydrogens (tertiary/aromatic N) is 4. The van der Waals surface area contributed by atoms with Crippen LogP contribution < -0.4 is 4.90 Å². The van der Waals surface area contributed by atoms with E-state index in [0.29, 0.717) is 30.3 Å². The van der Waals surface area contributed by atoms with Crippen LogP contribution in [0.25, 0.3) is 0 Å². The van der Waals surface area contributed by atoms with E-state index in [1.807, 2.05) is 11.8 Å². The van der Waals surface area contributed by atoms with Crippen LogP contribution in [0.5, 0.6) is 0 Å². The highest BCUT2D eigenvalue weighted by molar-refractivity contribution is 7.15. The minimum atomic E-state index is -0.252. The van der Waals surface area contributed by atoms with Gasteiger partial charge in [0.25, 0.3) is 0 Å². The number of likely N-dealkylation sites (tertiary alicyclic amines) is 1. The second kappa shape index (κ2) is 7.23. The van der Waals surface area contributed by atoms with Gasteiger partial charge in [0.05, 0.1) is 5.92 Å². The van der Waals surface area contributed by atoms with Crippen LogP contribution in [0.4, 0.5) is 5.13 Å². The number of carbonyl (C=O) groups excluding carboxylic acids is 2. The summed E-state index contributed by atoms with van der Waals surface area (Å²) < 4.78 is 5.34. The summed E-state index contributed by atoms with van der Waals surface area (Å²) in [6.45, 7) is 5.11. The lowest BCUT2D eigenvalue weighted by Crippen LogP contribution is -2.37. The van der Waals surface area contributed by atoms with Gasteiger partial charge in [-0.05, 0) is 31.6 Å². The smallest absolute Gasteiger partial charge is 0.229 e.